The van der Waals surface area contributed by atoms with Gasteiger partial charge in [-0.25, -0.2) is 8.42 Å². The number of Topliss-reactive ketones (excluding diaryl/α,β-unsaturated/α-hetero) is 9. The highest BCUT2D eigenvalue weighted by atomic mass is 127. The van der Waals surface area contributed by atoms with Crippen LogP contribution in [0.4, 0.5) is 0 Å². The third kappa shape index (κ3) is 65.1. The molecule has 7 amide bonds. The molecule has 0 saturated heterocycles. The zero-order valence-electron chi connectivity index (χ0n) is 87.0. The van der Waals surface area contributed by atoms with Crippen LogP contribution in [0.1, 0.15) is 319 Å². The fourth-order valence-electron chi connectivity index (χ4n) is 12.5. The number of rotatable bonds is 59. The number of nitrogens with one attached hydrogen (secondary N) is 1. The number of hydrogen-bond acceptors (Lipinski definition) is 28. The van der Waals surface area contributed by atoms with Crippen molar-refractivity contribution >= 4 is 169 Å². The number of halogens is 2. The Hall–Kier alpha value is -7.41. The first kappa shape index (κ1) is 137. The zero-order valence-corrected chi connectivity index (χ0v) is 92.3. The lowest BCUT2D eigenvalue weighted by molar-refractivity contribution is -0.138. The summed E-state index contributed by atoms with van der Waals surface area (Å²) in [7, 11) is -12.1. The highest BCUT2D eigenvalue weighted by Gasteiger charge is 2.41. The molecule has 2 atom stereocenters. The number of carbonyl (C=O) groups is 18. The van der Waals surface area contributed by atoms with Gasteiger partial charge in [0.15, 0.2) is 33.0 Å². The number of hydrogen-bond donors (Lipinski definition) is 3. The van der Waals surface area contributed by atoms with Crippen LogP contribution in [0, 0.1) is 43.8 Å². The second kappa shape index (κ2) is 68.8. The van der Waals surface area contributed by atoms with Gasteiger partial charge in [0.25, 0.3) is 55.7 Å². The van der Waals surface area contributed by atoms with E-state index < -0.39 is 92.5 Å². The maximum Gasteiger partial charge on any atom is 0.275 e. The van der Waals surface area contributed by atoms with E-state index in [9.17, 15) is 116 Å². The van der Waals surface area contributed by atoms with E-state index in [4.69, 9.17) is 35.1 Å². The molecule has 0 fully saturated rings. The van der Waals surface area contributed by atoms with Crippen LogP contribution in [0.5, 0.6) is 0 Å². The highest BCUT2D eigenvalue weighted by molar-refractivity contribution is 14.1. The van der Waals surface area contributed by atoms with Crippen LogP contribution in [-0.4, -0.2) is 260 Å². The first-order valence-electron chi connectivity index (χ1n) is 48.0. The molecule has 4 rings (SSSR count). The Labute approximate surface area is 851 Å². The summed E-state index contributed by atoms with van der Waals surface area (Å²) in [5.41, 5.74) is -3.14. The predicted octanol–water partition coefficient (Wildman–Crippen LogP) is 14.9. The number of alkyl halides is 2. The van der Waals surface area contributed by atoms with Gasteiger partial charge in [-0.1, -0.05) is 213 Å². The molecule has 3 aliphatic heterocycles. The van der Waals surface area contributed by atoms with Gasteiger partial charge in [-0.15, -0.1) is 11.6 Å². The predicted molar refractivity (Wildman–Crippen MR) is 547 cm³/mol. The molecule has 0 spiro atoms. The highest BCUT2D eigenvalue weighted by Crippen LogP contribution is 2.28. The van der Waals surface area contributed by atoms with Crippen molar-refractivity contribution in [2.24, 2.45) is 43.8 Å². The van der Waals surface area contributed by atoms with Gasteiger partial charge in [-0.2, -0.15) is 16.8 Å². The van der Waals surface area contributed by atoms with Gasteiger partial charge >= 0.3 is 0 Å². The molecule has 3 N–H and O–H groups in total. The summed E-state index contributed by atoms with van der Waals surface area (Å²) in [6, 6.07) is 0. The van der Waals surface area contributed by atoms with Crippen molar-refractivity contribution in [3.05, 3.63) is 60.6 Å². The van der Waals surface area contributed by atoms with E-state index in [1.165, 1.54) is 62.1 Å². The molecule has 39 heteroatoms. The summed E-state index contributed by atoms with van der Waals surface area (Å²) in [4.78, 5) is 210. The Bertz CT molecular complexity index is 4420. The monoisotopic (exact) mass is 2170 g/mol. The maximum atomic E-state index is 12.1. The first-order chi connectivity index (χ1) is 64.4. The third-order valence-corrected chi connectivity index (χ3v) is 26.5. The Morgan fingerprint density at radius 1 is 0.371 bits per heavy atom. The van der Waals surface area contributed by atoms with E-state index in [-0.39, 0.29) is 130 Å². The summed E-state index contributed by atoms with van der Waals surface area (Å²) >= 11 is 7.49. The molecular weight excluding hydrogens is 2010 g/mol. The van der Waals surface area contributed by atoms with Gasteiger partial charge in [0.1, 0.15) is 51.0 Å². The smallest absolute Gasteiger partial charge is 0.275 e. The average Bonchev–Trinajstić information content (AvgIpc) is 0.955. The van der Waals surface area contributed by atoms with Crippen molar-refractivity contribution in [2.75, 3.05) is 95.1 Å². The molecule has 34 nitrogen and oxygen atoms in total. The standard InChI is InChI=1S/C23H37NO8.C14H21NO6S.C14H21NO3.C13H23ClO2.C13H23IO2.C12H17NO6S.C12H22O3S/c1-23(2,3)21(27)8-10-29-12-14-31-16-17-32-15-13-30-11-9-24-22(28)7-4-18-19(25)5-6-20(18)26;1-14(2,3)13(18)10(22(19,20)21)6-4-5-9-15-11(16)7-8-12(15)17;1-14(2,3)11(16)7-5-4-6-10-15-12(17)8-9-13(15)18;2*1-13(2,3)12(16)9-7-5-4-6-8-11(15)10-14;1-12(2,3)11(16)8(20(17,18)19)6-7-13-9(14)4-5-10(13)15;1-5-16(14,15)10-8-6-7-9-11(13)12(2,3)4/h5-6,18H,4,7-17H2,1-3H3,(H,24,28);7-8,10H,4-6,9H2,1-3H3,(H,19,20,21);8-9H,4-7,10H2,1-3H3;2*4-10H2,1-3H3;4-5,8H,6-7H2,1-3H3,(H,17,18,19);5H,1,6-10H2,2-4H3. The van der Waals surface area contributed by atoms with Gasteiger partial charge in [-0.05, 0) is 95.6 Å². The first-order valence-corrected chi connectivity index (χ1v) is 54.8. The lowest BCUT2D eigenvalue weighted by Gasteiger charge is -2.24. The number of sulfone groups is 1. The van der Waals surface area contributed by atoms with Crippen molar-refractivity contribution < 1.29 is 140 Å². The Morgan fingerprint density at radius 2 is 0.657 bits per heavy atom. The molecule has 800 valence electrons. The molecule has 3 heterocycles. The minimum absolute atomic E-state index is 0.0431. The fourth-order valence-corrected chi connectivity index (χ4v) is 15.9. The van der Waals surface area contributed by atoms with Gasteiger partial charge < -0.3 is 24.3 Å². The minimum atomic E-state index is -4.59. The van der Waals surface area contributed by atoms with E-state index >= 15 is 0 Å². The van der Waals surface area contributed by atoms with Crippen molar-refractivity contribution in [2.45, 2.75) is 329 Å². The number of ether oxygens (including phenoxy) is 4. The Morgan fingerprint density at radius 3 is 0.971 bits per heavy atom. The van der Waals surface area contributed by atoms with Crippen LogP contribution in [-0.2, 0) is 135 Å². The summed E-state index contributed by atoms with van der Waals surface area (Å²) < 4.78 is 108. The average molecular weight is 2170 g/mol. The molecular formula is C101H164ClIN4O30S3. The number of imide groups is 3. The summed E-state index contributed by atoms with van der Waals surface area (Å²) in [5.74, 6) is -2.89. The van der Waals surface area contributed by atoms with E-state index in [2.05, 4.69) is 34.5 Å². The quantitative estimate of drug-likeness (QED) is 0.0127. The lowest BCUT2D eigenvalue weighted by atomic mass is 9.87. The van der Waals surface area contributed by atoms with Gasteiger partial charge in [0.05, 0.1) is 74.8 Å². The van der Waals surface area contributed by atoms with Crippen LogP contribution in [0.3, 0.4) is 0 Å². The molecule has 0 aromatic heterocycles. The topological polar surface area (TPSA) is 509 Å². The second-order valence-corrected chi connectivity index (χ2v) is 47.8. The molecule has 0 aromatic carbocycles. The second-order valence-electron chi connectivity index (χ2n) is 41.5. The summed E-state index contributed by atoms with van der Waals surface area (Å²) in [6.45, 7) is 45.6. The zero-order chi connectivity index (χ0) is 108. The minimum Gasteiger partial charge on any atom is -0.379 e. The van der Waals surface area contributed by atoms with Crippen molar-refractivity contribution in [1.82, 2.24) is 20.0 Å². The fraction of sp³-hybridized carbons (Fsp3) is 0.723. The molecule has 4 aliphatic rings. The SMILES string of the molecule is C=CS(=O)(=O)CCCCCC(=O)C(C)(C)C.CC(C)(C)C(=O)C(CCCCN1C(=O)C=CC1=O)S(=O)(=O)O.CC(C)(C)C(=O)C(CCN1C(=O)C=CC1=O)S(=O)(=O)O.CC(C)(C)C(=O)CCCCCCC(=O)CCl.CC(C)(C)C(=O)CCCCCCC(=O)CI.CC(C)(C)C(=O)CCCCCN1C(=O)C=CC1=O.CC(C)(C)C(=O)CCOCCOCCOCCOCCNC(=O)CCC1C(=O)C=CC1=O. The molecule has 0 aromatic rings. The van der Waals surface area contributed by atoms with Crippen LogP contribution in [0.2, 0.25) is 0 Å². The van der Waals surface area contributed by atoms with Crippen LogP contribution in [0.25, 0.3) is 0 Å². The largest absolute Gasteiger partial charge is 0.379 e. The summed E-state index contributed by atoms with van der Waals surface area (Å²) in [5, 5.41) is 0.559. The Balaban J connectivity index is -0.00000159. The molecule has 0 saturated carbocycles. The van der Waals surface area contributed by atoms with E-state index in [1.807, 2.05) is 104 Å². The van der Waals surface area contributed by atoms with Crippen molar-refractivity contribution in [1.29, 1.82) is 0 Å². The summed E-state index contributed by atoms with van der Waals surface area (Å²) in [6.07, 6.45) is 26.9. The lowest BCUT2D eigenvalue weighted by Crippen LogP contribution is -2.41. The van der Waals surface area contributed by atoms with E-state index in [1.54, 1.807) is 20.8 Å². The number of unbranched alkanes of at least 4 members (excludes halogenated alkanes) is 11. The van der Waals surface area contributed by atoms with Crippen molar-refractivity contribution in [3.63, 3.8) is 0 Å². The van der Waals surface area contributed by atoms with E-state index in [0.29, 0.717) is 152 Å². The van der Waals surface area contributed by atoms with Crippen LogP contribution >= 0.6 is 34.2 Å². The number of carbonyl (C=O) groups excluding carboxylic acids is 18. The molecule has 1 aliphatic carbocycles. The van der Waals surface area contributed by atoms with Crippen molar-refractivity contribution in [3.8, 4) is 0 Å². The number of amides is 7. The van der Waals surface area contributed by atoms with Gasteiger partial charge in [-0.3, -0.25) is 110 Å². The van der Waals surface area contributed by atoms with E-state index in [0.717, 1.165) is 111 Å². The number of allylic oxidation sites excluding steroid dienone is 2. The molecule has 0 bridgehead atoms. The van der Waals surface area contributed by atoms with Crippen LogP contribution < -0.4 is 5.32 Å². The van der Waals surface area contributed by atoms with Gasteiger partial charge in [0.2, 0.25) is 5.91 Å². The third-order valence-electron chi connectivity index (χ3n) is 21.7. The van der Waals surface area contributed by atoms with Crippen LogP contribution in [0.15, 0.2) is 60.6 Å². The maximum absolute atomic E-state index is 12.1. The molecule has 140 heavy (non-hydrogen) atoms. The normalized spacial score (nSPS) is 14.6. The molecule has 0 radical (unpaired) electrons. The number of ketones is 11. The Kier molecular flexibility index (Phi) is 67.2. The van der Waals surface area contributed by atoms with Gasteiger partial charge in [0, 0.05) is 157 Å². The molecule has 2 unspecified atom stereocenters. The number of nitrogens with zero attached hydrogens (tertiary/aromatic N) is 3.